The van der Waals surface area contributed by atoms with Crippen LogP contribution in [0, 0.1) is 23.2 Å². The van der Waals surface area contributed by atoms with Gasteiger partial charge in [-0.25, -0.2) is 0 Å². The SMILES string of the molecule is CCCC[C@H]1CC[C@H](C#N)C1. The number of nitrogens with zero attached hydrogens (tertiary/aromatic N) is 1. The number of nitriles is 1. The van der Waals surface area contributed by atoms with Crippen LogP contribution in [0.1, 0.15) is 45.4 Å². The van der Waals surface area contributed by atoms with E-state index in [9.17, 15) is 0 Å². The molecule has 1 heteroatoms. The van der Waals surface area contributed by atoms with Gasteiger partial charge in [0.1, 0.15) is 0 Å². The normalized spacial score (nSPS) is 30.2. The maximum absolute atomic E-state index is 8.66. The van der Waals surface area contributed by atoms with Crippen LogP contribution in [0.2, 0.25) is 0 Å². The molecule has 0 spiro atoms. The fraction of sp³-hybridized carbons (Fsp3) is 0.900. The first-order chi connectivity index (χ1) is 5.36. The fourth-order valence-corrected chi connectivity index (χ4v) is 1.95. The minimum atomic E-state index is 0.386. The molecule has 1 saturated carbocycles. The molecule has 0 radical (unpaired) electrons. The first kappa shape index (κ1) is 8.59. The Labute approximate surface area is 69.4 Å². The van der Waals surface area contributed by atoms with E-state index in [0.717, 1.165) is 12.3 Å². The minimum Gasteiger partial charge on any atom is -0.198 e. The summed E-state index contributed by atoms with van der Waals surface area (Å²) in [7, 11) is 0. The van der Waals surface area contributed by atoms with Crippen LogP contribution in [0.3, 0.4) is 0 Å². The standard InChI is InChI=1S/C10H17N/c1-2-3-4-9-5-6-10(7-9)8-11/h9-10H,2-7H2,1H3/t9-,10-/m0/s1. The van der Waals surface area contributed by atoms with Crippen LogP contribution in [0.4, 0.5) is 0 Å². The number of rotatable bonds is 3. The lowest BCUT2D eigenvalue weighted by Crippen LogP contribution is -1.94. The van der Waals surface area contributed by atoms with Crippen molar-refractivity contribution in [1.29, 1.82) is 5.26 Å². The summed E-state index contributed by atoms with van der Waals surface area (Å²) < 4.78 is 0. The van der Waals surface area contributed by atoms with E-state index < -0.39 is 0 Å². The molecule has 0 aromatic carbocycles. The van der Waals surface area contributed by atoms with E-state index in [2.05, 4.69) is 13.0 Å². The van der Waals surface area contributed by atoms with Gasteiger partial charge in [0.25, 0.3) is 0 Å². The lowest BCUT2D eigenvalue weighted by molar-refractivity contribution is 0.471. The van der Waals surface area contributed by atoms with Crippen LogP contribution >= 0.6 is 0 Å². The Bertz CT molecular complexity index is 145. The van der Waals surface area contributed by atoms with Gasteiger partial charge in [0.2, 0.25) is 0 Å². The zero-order chi connectivity index (χ0) is 8.10. The highest BCUT2D eigenvalue weighted by molar-refractivity contribution is 4.89. The van der Waals surface area contributed by atoms with Crippen LogP contribution < -0.4 is 0 Å². The van der Waals surface area contributed by atoms with Gasteiger partial charge >= 0.3 is 0 Å². The lowest BCUT2D eigenvalue weighted by atomic mass is 10.00. The molecule has 1 nitrogen and oxygen atoms in total. The Hall–Kier alpha value is -0.510. The molecular formula is C10H17N. The highest BCUT2D eigenvalue weighted by Gasteiger charge is 2.23. The largest absolute Gasteiger partial charge is 0.198 e. The van der Waals surface area contributed by atoms with E-state index in [4.69, 9.17) is 5.26 Å². The van der Waals surface area contributed by atoms with Gasteiger partial charge in [-0.05, 0) is 25.2 Å². The minimum absolute atomic E-state index is 0.386. The first-order valence-electron chi connectivity index (χ1n) is 4.76. The summed E-state index contributed by atoms with van der Waals surface area (Å²) in [5, 5.41) is 8.66. The zero-order valence-electron chi connectivity index (χ0n) is 7.34. The summed E-state index contributed by atoms with van der Waals surface area (Å²) in [5.74, 6) is 1.26. The summed E-state index contributed by atoms with van der Waals surface area (Å²) in [6.07, 6.45) is 7.64. The van der Waals surface area contributed by atoms with E-state index in [1.54, 1.807) is 0 Å². The molecule has 1 aliphatic rings. The molecule has 0 amide bonds. The van der Waals surface area contributed by atoms with Gasteiger partial charge < -0.3 is 0 Å². The predicted octanol–water partition coefficient (Wildman–Crippen LogP) is 3.12. The summed E-state index contributed by atoms with van der Waals surface area (Å²) in [6, 6.07) is 2.37. The van der Waals surface area contributed by atoms with E-state index in [0.29, 0.717) is 5.92 Å². The van der Waals surface area contributed by atoms with Crippen LogP contribution in [-0.4, -0.2) is 0 Å². The highest BCUT2D eigenvalue weighted by Crippen LogP contribution is 2.33. The van der Waals surface area contributed by atoms with Crippen molar-refractivity contribution in [3.05, 3.63) is 0 Å². The molecule has 2 atom stereocenters. The maximum Gasteiger partial charge on any atom is 0.0655 e. The fourth-order valence-electron chi connectivity index (χ4n) is 1.95. The molecule has 0 unspecified atom stereocenters. The predicted molar refractivity (Wildman–Crippen MR) is 46.0 cm³/mol. The molecule has 0 aromatic rings. The Morgan fingerprint density at radius 1 is 1.45 bits per heavy atom. The van der Waals surface area contributed by atoms with Gasteiger partial charge in [-0.15, -0.1) is 0 Å². The molecule has 0 bridgehead atoms. The van der Waals surface area contributed by atoms with Gasteiger partial charge in [0.05, 0.1) is 6.07 Å². The van der Waals surface area contributed by atoms with Crippen molar-refractivity contribution in [2.24, 2.45) is 11.8 Å². The average molecular weight is 151 g/mol. The van der Waals surface area contributed by atoms with E-state index in [1.165, 1.54) is 32.1 Å². The van der Waals surface area contributed by atoms with E-state index >= 15 is 0 Å². The van der Waals surface area contributed by atoms with Gasteiger partial charge in [-0.1, -0.05) is 26.2 Å². The van der Waals surface area contributed by atoms with Crippen LogP contribution in [-0.2, 0) is 0 Å². The van der Waals surface area contributed by atoms with Gasteiger partial charge in [0.15, 0.2) is 0 Å². The van der Waals surface area contributed by atoms with Crippen molar-refractivity contribution in [2.75, 3.05) is 0 Å². The second-order valence-corrected chi connectivity index (χ2v) is 3.65. The van der Waals surface area contributed by atoms with Gasteiger partial charge in [0, 0.05) is 5.92 Å². The quantitative estimate of drug-likeness (QED) is 0.608. The Balaban J connectivity index is 2.15. The number of hydrogen-bond acceptors (Lipinski definition) is 1. The van der Waals surface area contributed by atoms with Crippen molar-refractivity contribution < 1.29 is 0 Å². The maximum atomic E-state index is 8.66. The Morgan fingerprint density at radius 3 is 2.82 bits per heavy atom. The monoisotopic (exact) mass is 151 g/mol. The molecule has 11 heavy (non-hydrogen) atoms. The van der Waals surface area contributed by atoms with E-state index in [-0.39, 0.29) is 0 Å². The molecule has 1 fully saturated rings. The summed E-state index contributed by atoms with van der Waals surface area (Å²) in [5.41, 5.74) is 0. The topological polar surface area (TPSA) is 23.8 Å². The third-order valence-electron chi connectivity index (χ3n) is 2.69. The van der Waals surface area contributed by atoms with Crippen molar-refractivity contribution in [2.45, 2.75) is 45.4 Å². The highest BCUT2D eigenvalue weighted by atomic mass is 14.3. The molecule has 0 N–H and O–H groups in total. The molecule has 0 saturated heterocycles. The molecule has 62 valence electrons. The van der Waals surface area contributed by atoms with E-state index in [1.807, 2.05) is 0 Å². The van der Waals surface area contributed by atoms with Gasteiger partial charge in [-0.3, -0.25) is 0 Å². The van der Waals surface area contributed by atoms with Crippen molar-refractivity contribution >= 4 is 0 Å². The summed E-state index contributed by atoms with van der Waals surface area (Å²) in [4.78, 5) is 0. The summed E-state index contributed by atoms with van der Waals surface area (Å²) in [6.45, 7) is 2.23. The molecule has 0 heterocycles. The van der Waals surface area contributed by atoms with Gasteiger partial charge in [-0.2, -0.15) is 5.26 Å². The van der Waals surface area contributed by atoms with Crippen molar-refractivity contribution in [3.8, 4) is 6.07 Å². The Morgan fingerprint density at radius 2 is 2.27 bits per heavy atom. The van der Waals surface area contributed by atoms with Crippen molar-refractivity contribution in [1.82, 2.24) is 0 Å². The van der Waals surface area contributed by atoms with Crippen molar-refractivity contribution in [3.63, 3.8) is 0 Å². The molecule has 0 aliphatic heterocycles. The molecule has 1 aliphatic carbocycles. The lowest BCUT2D eigenvalue weighted by Gasteiger charge is -2.06. The van der Waals surface area contributed by atoms with Crippen LogP contribution in [0.25, 0.3) is 0 Å². The number of unbranched alkanes of at least 4 members (excludes halogenated alkanes) is 1. The van der Waals surface area contributed by atoms with Crippen LogP contribution in [0.5, 0.6) is 0 Å². The Kier molecular flexibility index (Phi) is 3.42. The second-order valence-electron chi connectivity index (χ2n) is 3.65. The molecule has 1 rings (SSSR count). The average Bonchev–Trinajstić information content (AvgIpc) is 2.48. The third-order valence-corrected chi connectivity index (χ3v) is 2.69. The van der Waals surface area contributed by atoms with Crippen LogP contribution in [0.15, 0.2) is 0 Å². The molecular weight excluding hydrogens is 134 g/mol. The summed E-state index contributed by atoms with van der Waals surface area (Å²) >= 11 is 0. The number of hydrogen-bond donors (Lipinski definition) is 0. The smallest absolute Gasteiger partial charge is 0.0655 e. The molecule has 0 aromatic heterocycles. The second kappa shape index (κ2) is 4.38. The third kappa shape index (κ3) is 2.54. The first-order valence-corrected chi connectivity index (χ1v) is 4.76. The zero-order valence-corrected chi connectivity index (χ0v) is 7.34.